The van der Waals surface area contributed by atoms with Crippen molar-refractivity contribution in [1.82, 2.24) is 4.98 Å². The van der Waals surface area contributed by atoms with Crippen LogP contribution < -0.4 is 0 Å². The van der Waals surface area contributed by atoms with Gasteiger partial charge in [0, 0.05) is 0 Å². The fourth-order valence-electron chi connectivity index (χ4n) is 1.91. The van der Waals surface area contributed by atoms with Crippen LogP contribution in [0.25, 0.3) is 22.8 Å². The molecule has 0 saturated carbocycles. The first-order chi connectivity index (χ1) is 9.66. The second kappa shape index (κ2) is 4.62. The maximum atomic E-state index is 9.79. The molecule has 20 heavy (non-hydrogen) atoms. The van der Waals surface area contributed by atoms with E-state index in [0.717, 1.165) is 0 Å². The van der Waals surface area contributed by atoms with Crippen molar-refractivity contribution in [1.29, 1.82) is 0 Å². The predicted molar refractivity (Wildman–Crippen MR) is 72.4 cm³/mol. The van der Waals surface area contributed by atoms with Crippen molar-refractivity contribution in [2.75, 3.05) is 0 Å². The Hall–Kier alpha value is -2.95. The summed E-state index contributed by atoms with van der Waals surface area (Å²) in [7, 11) is 0. The van der Waals surface area contributed by atoms with Crippen molar-refractivity contribution in [2.45, 2.75) is 0 Å². The summed E-state index contributed by atoms with van der Waals surface area (Å²) in [5, 5.41) is 29.0. The molecule has 0 spiro atoms. The first-order valence-corrected chi connectivity index (χ1v) is 5.92. The van der Waals surface area contributed by atoms with E-state index in [2.05, 4.69) is 4.98 Å². The fourth-order valence-corrected chi connectivity index (χ4v) is 1.91. The average molecular weight is 269 g/mol. The van der Waals surface area contributed by atoms with Crippen LogP contribution in [0, 0.1) is 0 Å². The molecule has 5 heteroatoms. The van der Waals surface area contributed by atoms with E-state index in [9.17, 15) is 15.3 Å². The van der Waals surface area contributed by atoms with Crippen LogP contribution in [0.2, 0.25) is 0 Å². The summed E-state index contributed by atoms with van der Waals surface area (Å²) in [4.78, 5) is 4.06. The Morgan fingerprint density at radius 2 is 1.50 bits per heavy atom. The lowest BCUT2D eigenvalue weighted by Crippen LogP contribution is -1.78. The number of hydrogen-bond donors (Lipinski definition) is 3. The quantitative estimate of drug-likeness (QED) is 0.622. The van der Waals surface area contributed by atoms with E-state index in [1.165, 1.54) is 12.3 Å². The van der Waals surface area contributed by atoms with Gasteiger partial charge in [-0.25, -0.2) is 4.98 Å². The summed E-state index contributed by atoms with van der Waals surface area (Å²) < 4.78 is 5.53. The number of benzene rings is 2. The Morgan fingerprint density at radius 3 is 2.30 bits per heavy atom. The highest BCUT2D eigenvalue weighted by Gasteiger charge is 2.15. The molecule has 0 atom stereocenters. The third-order valence-corrected chi connectivity index (χ3v) is 2.92. The zero-order valence-corrected chi connectivity index (χ0v) is 10.3. The van der Waals surface area contributed by atoms with Gasteiger partial charge in [0.2, 0.25) is 5.89 Å². The Bertz CT molecular complexity index is 764. The Kier molecular flexibility index (Phi) is 2.80. The Balaban J connectivity index is 2.07. The van der Waals surface area contributed by atoms with Crippen molar-refractivity contribution in [2.24, 2.45) is 0 Å². The summed E-state index contributed by atoms with van der Waals surface area (Å²) in [6.45, 7) is 0. The lowest BCUT2D eigenvalue weighted by molar-refractivity contribution is 0.403. The largest absolute Gasteiger partial charge is 0.507 e. The molecule has 3 aromatic rings. The van der Waals surface area contributed by atoms with Crippen molar-refractivity contribution >= 4 is 0 Å². The van der Waals surface area contributed by atoms with Gasteiger partial charge in [0.25, 0.3) is 0 Å². The SMILES string of the molecule is Oc1ccccc1-c1cnc(-c2cccc(O)c2O)o1. The standard InChI is InChI=1S/C15H11NO4/c17-11-6-2-1-4-9(11)13-8-16-15(20-13)10-5-3-7-12(18)14(10)19/h1-8,17-19H. The van der Waals surface area contributed by atoms with Crippen LogP contribution in [0.5, 0.6) is 17.2 Å². The number of nitrogens with zero attached hydrogens (tertiary/aromatic N) is 1. The molecule has 2 aromatic carbocycles. The zero-order chi connectivity index (χ0) is 14.1. The molecule has 5 nitrogen and oxygen atoms in total. The van der Waals surface area contributed by atoms with Crippen LogP contribution in [-0.4, -0.2) is 20.3 Å². The van der Waals surface area contributed by atoms with Crippen LogP contribution in [0.15, 0.2) is 53.1 Å². The lowest BCUT2D eigenvalue weighted by atomic mass is 10.1. The number of phenolic OH excluding ortho intramolecular Hbond substituents is 3. The molecule has 0 aliphatic heterocycles. The predicted octanol–water partition coefficient (Wildman–Crippen LogP) is 3.13. The third kappa shape index (κ3) is 1.95. The smallest absolute Gasteiger partial charge is 0.230 e. The molecule has 0 amide bonds. The molecule has 0 bridgehead atoms. The maximum absolute atomic E-state index is 9.79. The Labute approximate surface area is 114 Å². The van der Waals surface area contributed by atoms with Gasteiger partial charge in [-0.2, -0.15) is 0 Å². The number of para-hydroxylation sites is 2. The second-order valence-electron chi connectivity index (χ2n) is 4.22. The highest BCUT2D eigenvalue weighted by atomic mass is 16.4. The summed E-state index contributed by atoms with van der Waals surface area (Å²) in [5.41, 5.74) is 0.789. The highest BCUT2D eigenvalue weighted by Crippen LogP contribution is 2.38. The van der Waals surface area contributed by atoms with Gasteiger partial charge in [-0.3, -0.25) is 0 Å². The fraction of sp³-hybridized carbons (Fsp3) is 0. The maximum Gasteiger partial charge on any atom is 0.230 e. The molecule has 0 unspecified atom stereocenters. The summed E-state index contributed by atoms with van der Waals surface area (Å²) in [6, 6.07) is 11.2. The monoisotopic (exact) mass is 269 g/mol. The minimum absolute atomic E-state index is 0.0790. The normalized spacial score (nSPS) is 10.6. The van der Waals surface area contributed by atoms with Crippen LogP contribution in [0.3, 0.4) is 0 Å². The topological polar surface area (TPSA) is 86.7 Å². The van der Waals surface area contributed by atoms with E-state index >= 15 is 0 Å². The molecule has 0 aliphatic rings. The van der Waals surface area contributed by atoms with Gasteiger partial charge in [0.05, 0.1) is 17.3 Å². The molecule has 100 valence electrons. The van der Waals surface area contributed by atoms with Crippen molar-refractivity contribution < 1.29 is 19.7 Å². The van der Waals surface area contributed by atoms with Crippen LogP contribution in [0.4, 0.5) is 0 Å². The van der Waals surface area contributed by atoms with E-state index in [0.29, 0.717) is 11.3 Å². The van der Waals surface area contributed by atoms with Crippen molar-refractivity contribution in [3.05, 3.63) is 48.7 Å². The van der Waals surface area contributed by atoms with Gasteiger partial charge in [0.1, 0.15) is 5.75 Å². The van der Waals surface area contributed by atoms with E-state index in [1.807, 2.05) is 0 Å². The van der Waals surface area contributed by atoms with Crippen LogP contribution >= 0.6 is 0 Å². The van der Waals surface area contributed by atoms with Gasteiger partial charge in [-0.15, -0.1) is 0 Å². The molecule has 1 aromatic heterocycles. The number of hydrogen-bond acceptors (Lipinski definition) is 5. The molecule has 0 radical (unpaired) electrons. The minimum Gasteiger partial charge on any atom is -0.507 e. The van der Waals surface area contributed by atoms with Gasteiger partial charge >= 0.3 is 0 Å². The zero-order valence-electron chi connectivity index (χ0n) is 10.3. The summed E-state index contributed by atoms with van der Waals surface area (Å²) in [5.74, 6) is 0.0795. The molecule has 3 N–H and O–H groups in total. The van der Waals surface area contributed by atoms with Gasteiger partial charge in [0.15, 0.2) is 17.3 Å². The minimum atomic E-state index is -0.293. The molecule has 0 fully saturated rings. The van der Waals surface area contributed by atoms with E-state index < -0.39 is 0 Å². The van der Waals surface area contributed by atoms with E-state index in [1.54, 1.807) is 36.4 Å². The number of aromatic hydroxyl groups is 3. The second-order valence-corrected chi connectivity index (χ2v) is 4.22. The highest BCUT2D eigenvalue weighted by molar-refractivity contribution is 5.70. The number of phenols is 3. The number of aromatic nitrogens is 1. The van der Waals surface area contributed by atoms with Crippen molar-refractivity contribution in [3.8, 4) is 40.0 Å². The average Bonchev–Trinajstić information content (AvgIpc) is 2.92. The molecule has 0 aliphatic carbocycles. The molecule has 0 saturated heterocycles. The van der Waals surface area contributed by atoms with Gasteiger partial charge in [-0.05, 0) is 24.3 Å². The molecule has 3 rings (SSSR count). The lowest BCUT2D eigenvalue weighted by Gasteiger charge is -2.02. The third-order valence-electron chi connectivity index (χ3n) is 2.92. The van der Waals surface area contributed by atoms with Crippen molar-refractivity contribution in [3.63, 3.8) is 0 Å². The first kappa shape index (κ1) is 12.1. The first-order valence-electron chi connectivity index (χ1n) is 5.92. The summed E-state index contributed by atoms with van der Waals surface area (Å²) >= 11 is 0. The molecule has 1 heterocycles. The van der Waals surface area contributed by atoms with Crippen LogP contribution in [-0.2, 0) is 0 Å². The van der Waals surface area contributed by atoms with Crippen LogP contribution in [0.1, 0.15) is 0 Å². The Morgan fingerprint density at radius 1 is 0.800 bits per heavy atom. The number of rotatable bonds is 2. The van der Waals surface area contributed by atoms with Gasteiger partial charge in [-0.1, -0.05) is 18.2 Å². The molecular formula is C15H11NO4. The summed E-state index contributed by atoms with van der Waals surface area (Å²) in [6.07, 6.45) is 1.45. The van der Waals surface area contributed by atoms with E-state index in [4.69, 9.17) is 4.42 Å². The molecular weight excluding hydrogens is 258 g/mol. The van der Waals surface area contributed by atoms with Gasteiger partial charge < -0.3 is 19.7 Å². The number of oxazole rings is 1. The van der Waals surface area contributed by atoms with E-state index in [-0.39, 0.29) is 28.7 Å².